The summed E-state index contributed by atoms with van der Waals surface area (Å²) in [7, 11) is 1.57. The molecule has 0 saturated carbocycles. The minimum Gasteiger partial charge on any atom is -0.497 e. The van der Waals surface area contributed by atoms with Gasteiger partial charge in [-0.1, -0.05) is 23.7 Å². The van der Waals surface area contributed by atoms with Crippen molar-refractivity contribution in [1.82, 2.24) is 4.98 Å². The van der Waals surface area contributed by atoms with Gasteiger partial charge in [-0.2, -0.15) is 0 Å². The van der Waals surface area contributed by atoms with Gasteiger partial charge in [0.2, 0.25) is 0 Å². The van der Waals surface area contributed by atoms with Gasteiger partial charge < -0.3 is 15.2 Å². The Morgan fingerprint density at radius 2 is 1.93 bits per heavy atom. The molecule has 9 heteroatoms. The molecule has 0 spiro atoms. The van der Waals surface area contributed by atoms with E-state index in [-0.39, 0.29) is 15.6 Å². The summed E-state index contributed by atoms with van der Waals surface area (Å²) in [4.78, 5) is 28.9. The average molecular weight is 445 g/mol. The van der Waals surface area contributed by atoms with E-state index < -0.39 is 11.9 Å². The molecular formula is C20H13ClN2O4S2. The van der Waals surface area contributed by atoms with Crippen molar-refractivity contribution in [2.75, 3.05) is 12.4 Å². The molecule has 0 aliphatic heterocycles. The van der Waals surface area contributed by atoms with E-state index in [4.69, 9.17) is 16.3 Å². The first-order valence-electron chi connectivity index (χ1n) is 8.33. The van der Waals surface area contributed by atoms with Crippen molar-refractivity contribution < 1.29 is 19.4 Å². The monoisotopic (exact) mass is 444 g/mol. The van der Waals surface area contributed by atoms with Crippen LogP contribution in [0, 0.1) is 0 Å². The number of rotatable bonds is 5. The number of fused-ring (bicyclic) bond motifs is 1. The number of benzene rings is 2. The Labute approximate surface area is 178 Å². The lowest BCUT2D eigenvalue weighted by Crippen LogP contribution is -2.13. The van der Waals surface area contributed by atoms with E-state index in [0.29, 0.717) is 27.4 Å². The van der Waals surface area contributed by atoms with Crippen LogP contribution in [0.4, 0.5) is 5.00 Å². The van der Waals surface area contributed by atoms with Gasteiger partial charge in [-0.25, -0.2) is 9.78 Å². The third kappa shape index (κ3) is 3.82. The molecule has 0 saturated heterocycles. The fourth-order valence-electron chi connectivity index (χ4n) is 2.79. The average Bonchev–Trinajstić information content (AvgIpc) is 3.32. The highest BCUT2D eigenvalue weighted by Crippen LogP contribution is 2.36. The Hall–Kier alpha value is -2.94. The van der Waals surface area contributed by atoms with Gasteiger partial charge in [0, 0.05) is 16.0 Å². The molecule has 2 N–H and O–H groups in total. The van der Waals surface area contributed by atoms with E-state index in [2.05, 4.69) is 10.3 Å². The lowest BCUT2D eigenvalue weighted by Gasteiger charge is -2.05. The predicted molar refractivity (Wildman–Crippen MR) is 116 cm³/mol. The van der Waals surface area contributed by atoms with Crippen LogP contribution in [0.3, 0.4) is 0 Å². The predicted octanol–water partition coefficient (Wildman–Crippen LogP) is 5.64. The van der Waals surface area contributed by atoms with Gasteiger partial charge in [0.1, 0.15) is 16.3 Å². The molecule has 0 atom stereocenters. The van der Waals surface area contributed by atoms with Gasteiger partial charge >= 0.3 is 5.97 Å². The number of thiazole rings is 1. The van der Waals surface area contributed by atoms with Crippen LogP contribution < -0.4 is 10.1 Å². The fraction of sp³-hybridized carbons (Fsp3) is 0.0500. The number of nitrogens with one attached hydrogen (secondary N) is 1. The molecule has 0 aliphatic carbocycles. The molecule has 6 nitrogen and oxygen atoms in total. The lowest BCUT2D eigenvalue weighted by molar-refractivity contribution is 0.0699. The number of amides is 1. The van der Waals surface area contributed by atoms with Crippen molar-refractivity contribution in [3.8, 4) is 16.9 Å². The Morgan fingerprint density at radius 3 is 2.62 bits per heavy atom. The van der Waals surface area contributed by atoms with Crippen LogP contribution in [0.15, 0.2) is 47.8 Å². The summed E-state index contributed by atoms with van der Waals surface area (Å²) < 4.78 is 5.99. The topological polar surface area (TPSA) is 88.5 Å². The highest BCUT2D eigenvalue weighted by molar-refractivity contribution is 7.20. The molecular weight excluding hydrogens is 432 g/mol. The third-order valence-corrected chi connectivity index (χ3v) is 6.34. The van der Waals surface area contributed by atoms with Crippen LogP contribution in [0.25, 0.3) is 21.3 Å². The van der Waals surface area contributed by atoms with Gasteiger partial charge in [0.25, 0.3) is 5.91 Å². The second-order valence-corrected chi connectivity index (χ2v) is 8.32. The number of aromatic nitrogens is 1. The number of thiophene rings is 1. The second-order valence-electron chi connectivity index (χ2n) is 5.97. The molecule has 1 amide bonds. The first-order valence-corrected chi connectivity index (χ1v) is 10.4. The Balaban J connectivity index is 1.66. The van der Waals surface area contributed by atoms with Crippen LogP contribution >= 0.6 is 34.3 Å². The maximum atomic E-state index is 12.7. The molecule has 2 aromatic heterocycles. The molecule has 4 rings (SSSR count). The summed E-state index contributed by atoms with van der Waals surface area (Å²) in [5, 5.41) is 15.2. The fourth-order valence-corrected chi connectivity index (χ4v) is 4.76. The summed E-state index contributed by atoms with van der Waals surface area (Å²) >= 11 is 8.27. The molecule has 4 aromatic rings. The van der Waals surface area contributed by atoms with Crippen molar-refractivity contribution >= 4 is 61.4 Å². The van der Waals surface area contributed by atoms with Crippen LogP contribution in [-0.4, -0.2) is 29.1 Å². The van der Waals surface area contributed by atoms with Gasteiger partial charge in [-0.3, -0.25) is 4.79 Å². The first kappa shape index (κ1) is 19.4. The number of anilines is 1. The van der Waals surface area contributed by atoms with Gasteiger partial charge in [0.05, 0.1) is 17.3 Å². The van der Waals surface area contributed by atoms with Gasteiger partial charge in [-0.05, 0) is 35.9 Å². The molecule has 0 fully saturated rings. The van der Waals surface area contributed by atoms with Crippen molar-refractivity contribution in [2.24, 2.45) is 0 Å². The van der Waals surface area contributed by atoms with Gasteiger partial charge in [0.15, 0.2) is 5.01 Å². The number of hydrogen-bond donors (Lipinski definition) is 2. The molecule has 29 heavy (non-hydrogen) atoms. The number of carbonyl (C=O) groups is 2. The number of nitrogens with zero attached hydrogens (tertiary/aromatic N) is 1. The normalized spacial score (nSPS) is 10.8. The third-order valence-electron chi connectivity index (χ3n) is 4.18. The number of halogens is 1. The van der Waals surface area contributed by atoms with Crippen LogP contribution in [0.5, 0.6) is 5.75 Å². The zero-order chi connectivity index (χ0) is 20.5. The van der Waals surface area contributed by atoms with Gasteiger partial charge in [-0.15, -0.1) is 22.7 Å². The zero-order valence-electron chi connectivity index (χ0n) is 14.9. The Kier molecular flexibility index (Phi) is 5.23. The standard InChI is InChI=1S/C20H13ClN2O4S2/c1-27-12-6-7-14-15(8-12)29-19(22-14)17(24)23-18-16(20(25)26)13(9-28-18)10-2-4-11(21)5-3-10/h2-9H,1H3,(H,23,24)(H,25,26). The number of methoxy groups -OCH3 is 1. The number of ether oxygens (including phenoxy) is 1. The minimum atomic E-state index is -1.12. The highest BCUT2D eigenvalue weighted by atomic mass is 35.5. The maximum absolute atomic E-state index is 12.7. The van der Waals surface area contributed by atoms with E-state index in [9.17, 15) is 14.7 Å². The number of aromatic carboxylic acids is 1. The van der Waals surface area contributed by atoms with Crippen LogP contribution in [0.1, 0.15) is 20.2 Å². The van der Waals surface area contributed by atoms with Crippen molar-refractivity contribution in [1.29, 1.82) is 0 Å². The van der Waals surface area contributed by atoms with Crippen molar-refractivity contribution in [3.63, 3.8) is 0 Å². The summed E-state index contributed by atoms with van der Waals surface area (Å²) in [5.74, 6) is -0.912. The molecule has 146 valence electrons. The Bertz CT molecular complexity index is 1230. The minimum absolute atomic E-state index is 0.0356. The molecule has 0 unspecified atom stereocenters. The summed E-state index contributed by atoms with van der Waals surface area (Å²) in [6, 6.07) is 12.2. The number of carbonyl (C=O) groups excluding carboxylic acids is 1. The molecule has 2 heterocycles. The molecule has 0 bridgehead atoms. The van der Waals surface area contributed by atoms with Crippen LogP contribution in [-0.2, 0) is 0 Å². The molecule has 0 radical (unpaired) electrons. The van der Waals surface area contributed by atoms with Crippen molar-refractivity contribution in [3.05, 3.63) is 63.4 Å². The summed E-state index contributed by atoms with van der Waals surface area (Å²) in [6.07, 6.45) is 0. The second kappa shape index (κ2) is 7.82. The van der Waals surface area contributed by atoms with E-state index in [1.54, 1.807) is 55.0 Å². The zero-order valence-corrected chi connectivity index (χ0v) is 17.3. The largest absolute Gasteiger partial charge is 0.497 e. The summed E-state index contributed by atoms with van der Waals surface area (Å²) in [6.45, 7) is 0. The summed E-state index contributed by atoms with van der Waals surface area (Å²) in [5.41, 5.74) is 1.93. The quantitative estimate of drug-likeness (QED) is 0.416. The van der Waals surface area contributed by atoms with E-state index in [0.717, 1.165) is 16.0 Å². The Morgan fingerprint density at radius 1 is 1.17 bits per heavy atom. The SMILES string of the molecule is COc1ccc2nc(C(=O)Nc3scc(-c4ccc(Cl)cc4)c3C(=O)O)sc2c1. The van der Waals surface area contributed by atoms with E-state index in [1.165, 1.54) is 11.3 Å². The lowest BCUT2D eigenvalue weighted by atomic mass is 10.0. The molecule has 0 aliphatic rings. The highest BCUT2D eigenvalue weighted by Gasteiger charge is 2.22. The van der Waals surface area contributed by atoms with Crippen molar-refractivity contribution in [2.45, 2.75) is 0 Å². The smallest absolute Gasteiger partial charge is 0.339 e. The van der Waals surface area contributed by atoms with Crippen LogP contribution in [0.2, 0.25) is 5.02 Å². The van der Waals surface area contributed by atoms with E-state index in [1.807, 2.05) is 0 Å². The first-order chi connectivity index (χ1) is 14.0. The maximum Gasteiger partial charge on any atom is 0.339 e. The van der Waals surface area contributed by atoms with E-state index >= 15 is 0 Å². The molecule has 2 aromatic carbocycles. The number of carboxylic acids is 1. The number of hydrogen-bond acceptors (Lipinski definition) is 6. The number of carboxylic acid groups (broad SMARTS) is 1.